The molecule has 0 unspecified atom stereocenters. The van der Waals surface area contributed by atoms with Crippen LogP contribution in [0.3, 0.4) is 0 Å². The summed E-state index contributed by atoms with van der Waals surface area (Å²) < 4.78 is 50.5. The van der Waals surface area contributed by atoms with Crippen LogP contribution < -0.4 is 19.6 Å². The number of fused-ring (bicyclic) bond motifs is 2. The predicted octanol–water partition coefficient (Wildman–Crippen LogP) is 3.21. The van der Waals surface area contributed by atoms with Crippen molar-refractivity contribution in [3.8, 4) is 28.4 Å². The standard InChI is InChI=1S/C32H32O14/c1-6-19-9-21-25(39-12-22(28(21)37)20-7-8-23-26(10-20)41-14-40-23)11-24(19)45-32-31(44-18(5)36)30(43-17(4)35)29(42-16(3)34)27(46-32)13-38-15(2)33/h7-12,27,29-32H,6,13-14H2,1-5H3/t27-,29-,30+,31-,32+/m1/s1. The van der Waals surface area contributed by atoms with Crippen LogP contribution >= 0.6 is 0 Å². The van der Waals surface area contributed by atoms with E-state index >= 15 is 0 Å². The molecule has 0 radical (unpaired) electrons. The molecular weight excluding hydrogens is 608 g/mol. The fraction of sp³-hybridized carbons (Fsp3) is 0.406. The van der Waals surface area contributed by atoms with E-state index < -0.39 is 61.2 Å². The number of ether oxygens (including phenoxy) is 8. The first-order valence-corrected chi connectivity index (χ1v) is 14.4. The number of carbonyl (C=O) groups is 4. The zero-order valence-corrected chi connectivity index (χ0v) is 25.7. The summed E-state index contributed by atoms with van der Waals surface area (Å²) in [6.07, 6.45) is -5.10. The van der Waals surface area contributed by atoms with Crippen LogP contribution in [0, 0.1) is 0 Å². The van der Waals surface area contributed by atoms with Crippen LogP contribution in [0.25, 0.3) is 22.1 Å². The summed E-state index contributed by atoms with van der Waals surface area (Å²) in [6.45, 7) is 6.09. The van der Waals surface area contributed by atoms with Crippen molar-refractivity contribution >= 4 is 34.8 Å². The summed E-state index contributed by atoms with van der Waals surface area (Å²) in [5.74, 6) is -1.65. The van der Waals surface area contributed by atoms with E-state index in [1.165, 1.54) is 19.3 Å². The lowest BCUT2D eigenvalue weighted by Gasteiger charge is -2.44. The normalized spacial score (nSPS) is 21.7. The van der Waals surface area contributed by atoms with Crippen LogP contribution in [0.4, 0.5) is 0 Å². The van der Waals surface area contributed by atoms with Gasteiger partial charge in [-0.05, 0) is 35.7 Å². The lowest BCUT2D eigenvalue weighted by Crippen LogP contribution is -2.63. The topological polar surface area (TPSA) is 172 Å². The average Bonchev–Trinajstić information content (AvgIpc) is 3.46. The Kier molecular flexibility index (Phi) is 9.46. The number of esters is 4. The monoisotopic (exact) mass is 640 g/mol. The minimum absolute atomic E-state index is 0.0906. The highest BCUT2D eigenvalue weighted by atomic mass is 16.7. The smallest absolute Gasteiger partial charge is 0.303 e. The van der Waals surface area contributed by atoms with Crippen molar-refractivity contribution < 1.29 is 61.5 Å². The fourth-order valence-electron chi connectivity index (χ4n) is 5.26. The molecule has 244 valence electrons. The fourth-order valence-corrected chi connectivity index (χ4v) is 5.26. The van der Waals surface area contributed by atoms with Gasteiger partial charge in [0.1, 0.15) is 30.3 Å². The van der Waals surface area contributed by atoms with Gasteiger partial charge in [0.25, 0.3) is 0 Å². The van der Waals surface area contributed by atoms with Crippen LogP contribution in [-0.4, -0.2) is 68.0 Å². The van der Waals surface area contributed by atoms with Crippen molar-refractivity contribution in [3.05, 3.63) is 52.4 Å². The van der Waals surface area contributed by atoms with E-state index in [-0.39, 0.29) is 28.9 Å². The Bertz CT molecular complexity index is 1730. The summed E-state index contributed by atoms with van der Waals surface area (Å²) in [6, 6.07) is 8.26. The third-order valence-corrected chi connectivity index (χ3v) is 7.21. The van der Waals surface area contributed by atoms with Gasteiger partial charge in [0.05, 0.1) is 10.9 Å². The van der Waals surface area contributed by atoms with Crippen molar-refractivity contribution in [3.63, 3.8) is 0 Å². The van der Waals surface area contributed by atoms with Gasteiger partial charge in [-0.2, -0.15) is 0 Å². The molecule has 0 amide bonds. The maximum absolute atomic E-state index is 13.6. The van der Waals surface area contributed by atoms with Gasteiger partial charge < -0.3 is 42.3 Å². The molecule has 1 fully saturated rings. The molecule has 0 bridgehead atoms. The predicted molar refractivity (Wildman–Crippen MR) is 156 cm³/mol. The Morgan fingerprint density at radius 3 is 2.17 bits per heavy atom. The molecular formula is C32H32O14. The molecule has 46 heavy (non-hydrogen) atoms. The van der Waals surface area contributed by atoms with E-state index in [2.05, 4.69) is 0 Å². The second-order valence-corrected chi connectivity index (χ2v) is 10.5. The highest BCUT2D eigenvalue weighted by molar-refractivity contribution is 5.84. The van der Waals surface area contributed by atoms with Gasteiger partial charge in [-0.15, -0.1) is 0 Å². The molecule has 3 heterocycles. The number of hydrogen-bond donors (Lipinski definition) is 0. The van der Waals surface area contributed by atoms with E-state index in [0.29, 0.717) is 34.6 Å². The maximum atomic E-state index is 13.6. The first kappa shape index (κ1) is 32.3. The van der Waals surface area contributed by atoms with Crippen molar-refractivity contribution in [1.82, 2.24) is 0 Å². The molecule has 1 saturated heterocycles. The molecule has 0 N–H and O–H groups in total. The van der Waals surface area contributed by atoms with E-state index in [9.17, 15) is 24.0 Å². The second-order valence-electron chi connectivity index (χ2n) is 10.5. The minimum atomic E-state index is -1.46. The van der Waals surface area contributed by atoms with Gasteiger partial charge in [-0.3, -0.25) is 24.0 Å². The molecule has 14 heteroatoms. The molecule has 0 spiro atoms. The van der Waals surface area contributed by atoms with Gasteiger partial charge in [-0.25, -0.2) is 0 Å². The molecule has 2 aliphatic heterocycles. The first-order valence-electron chi connectivity index (χ1n) is 14.4. The number of carbonyl (C=O) groups excluding carboxylic acids is 4. The Morgan fingerprint density at radius 2 is 1.50 bits per heavy atom. The molecule has 1 aromatic heterocycles. The van der Waals surface area contributed by atoms with Gasteiger partial charge in [0, 0.05) is 33.8 Å². The molecule has 5 atom stereocenters. The Balaban J connectivity index is 1.54. The summed E-state index contributed by atoms with van der Waals surface area (Å²) in [5, 5.41) is 0.279. The largest absolute Gasteiger partial charge is 0.463 e. The second kappa shape index (κ2) is 13.5. The third-order valence-electron chi connectivity index (χ3n) is 7.21. The molecule has 5 rings (SSSR count). The van der Waals surface area contributed by atoms with Crippen molar-refractivity contribution in [2.45, 2.75) is 71.7 Å². The Labute approximate surface area is 262 Å². The zero-order valence-electron chi connectivity index (χ0n) is 25.7. The maximum Gasteiger partial charge on any atom is 0.303 e. The Morgan fingerprint density at radius 1 is 0.826 bits per heavy atom. The van der Waals surface area contributed by atoms with E-state index in [4.69, 9.17) is 42.3 Å². The van der Waals surface area contributed by atoms with Crippen LogP contribution in [0.1, 0.15) is 40.2 Å². The van der Waals surface area contributed by atoms with Crippen molar-refractivity contribution in [2.75, 3.05) is 13.4 Å². The summed E-state index contributed by atoms with van der Waals surface area (Å²) in [4.78, 5) is 61.6. The molecule has 0 aliphatic carbocycles. The quantitative estimate of drug-likeness (QED) is 0.246. The van der Waals surface area contributed by atoms with Crippen molar-refractivity contribution in [2.24, 2.45) is 0 Å². The third kappa shape index (κ3) is 6.91. The van der Waals surface area contributed by atoms with Gasteiger partial charge >= 0.3 is 23.9 Å². The highest BCUT2D eigenvalue weighted by Crippen LogP contribution is 2.37. The lowest BCUT2D eigenvalue weighted by molar-refractivity contribution is -0.288. The molecule has 0 saturated carbocycles. The molecule has 14 nitrogen and oxygen atoms in total. The first-order chi connectivity index (χ1) is 21.9. The highest BCUT2D eigenvalue weighted by Gasteiger charge is 2.53. The van der Waals surface area contributed by atoms with Crippen LogP contribution in [0.15, 0.2) is 45.8 Å². The average molecular weight is 641 g/mol. The van der Waals surface area contributed by atoms with E-state index in [1.807, 2.05) is 6.92 Å². The lowest BCUT2D eigenvalue weighted by atomic mass is 9.98. The molecule has 3 aromatic rings. The number of aryl methyl sites for hydroxylation is 1. The molecule has 2 aromatic carbocycles. The van der Waals surface area contributed by atoms with Crippen LogP contribution in [-0.2, 0) is 49.3 Å². The van der Waals surface area contributed by atoms with Crippen molar-refractivity contribution in [1.29, 1.82) is 0 Å². The van der Waals surface area contributed by atoms with Gasteiger partial charge in [-0.1, -0.05) is 13.0 Å². The van der Waals surface area contributed by atoms with Gasteiger partial charge in [0.15, 0.2) is 23.7 Å². The SMILES string of the molecule is CCc1cc2c(=O)c(-c3ccc4c(c3)OCO4)coc2cc1O[C@H]1O[C@H](COC(C)=O)[C@@H](OC(C)=O)[C@H](OC(C)=O)[C@H]1OC(C)=O. The van der Waals surface area contributed by atoms with Crippen LogP contribution in [0.2, 0.25) is 0 Å². The summed E-state index contributed by atoms with van der Waals surface area (Å²) >= 11 is 0. The number of benzene rings is 2. The number of rotatable bonds is 9. The zero-order chi connectivity index (χ0) is 33.1. The summed E-state index contributed by atoms with van der Waals surface area (Å²) in [5.41, 5.74) is 1.34. The van der Waals surface area contributed by atoms with E-state index in [0.717, 1.165) is 20.8 Å². The minimum Gasteiger partial charge on any atom is -0.463 e. The van der Waals surface area contributed by atoms with E-state index in [1.54, 1.807) is 24.3 Å². The molecule has 2 aliphatic rings. The Hall–Kier alpha value is -5.11. The van der Waals surface area contributed by atoms with Crippen LogP contribution in [0.5, 0.6) is 17.2 Å². The summed E-state index contributed by atoms with van der Waals surface area (Å²) in [7, 11) is 0. The number of hydrogen-bond acceptors (Lipinski definition) is 14. The van der Waals surface area contributed by atoms with Gasteiger partial charge in [0.2, 0.25) is 24.6 Å².